The molecule has 0 saturated heterocycles. The Morgan fingerprint density at radius 2 is 2.10 bits per heavy atom. The summed E-state index contributed by atoms with van der Waals surface area (Å²) in [5.74, 6) is -1.13. The molecule has 0 aliphatic carbocycles. The molecule has 0 aliphatic rings. The Kier molecular flexibility index (Phi) is 6.81. The molecule has 1 rings (SSSR count). The normalized spacial score (nSPS) is 11.7. The minimum atomic E-state index is -0.953. The second-order valence-corrected chi connectivity index (χ2v) is 4.89. The lowest BCUT2D eigenvalue weighted by atomic mass is 10.0. The average Bonchev–Trinajstić information content (AvgIpc) is 2.38. The van der Waals surface area contributed by atoms with Gasteiger partial charge in [-0.25, -0.2) is 0 Å². The van der Waals surface area contributed by atoms with Gasteiger partial charge in [0.15, 0.2) is 0 Å². The number of amides is 1. The van der Waals surface area contributed by atoms with E-state index in [9.17, 15) is 9.59 Å². The molecular weight excluding hydrogens is 278 g/mol. The third-order valence-corrected chi connectivity index (χ3v) is 3.15. The van der Waals surface area contributed by atoms with Crippen LogP contribution in [0.25, 0.3) is 0 Å². The van der Waals surface area contributed by atoms with Crippen LogP contribution in [0.1, 0.15) is 24.8 Å². The molecule has 0 radical (unpaired) electrons. The Morgan fingerprint density at radius 3 is 2.70 bits per heavy atom. The van der Waals surface area contributed by atoms with E-state index in [2.05, 4.69) is 11.9 Å². The quantitative estimate of drug-likeness (QED) is 0.725. The van der Waals surface area contributed by atoms with Crippen molar-refractivity contribution in [3.8, 4) is 0 Å². The summed E-state index contributed by atoms with van der Waals surface area (Å²) in [6.45, 7) is 3.55. The summed E-state index contributed by atoms with van der Waals surface area (Å²) >= 11 is 6.05. The van der Waals surface area contributed by atoms with Crippen LogP contribution in [0.5, 0.6) is 0 Å². The maximum absolute atomic E-state index is 11.7. The number of hydrogen-bond acceptors (Lipinski definition) is 2. The predicted molar refractivity (Wildman–Crippen MR) is 78.8 cm³/mol. The fourth-order valence-electron chi connectivity index (χ4n) is 1.85. The van der Waals surface area contributed by atoms with Gasteiger partial charge in [0.1, 0.15) is 0 Å². The fourth-order valence-corrected chi connectivity index (χ4v) is 2.06. The molecule has 1 amide bonds. The van der Waals surface area contributed by atoms with E-state index in [4.69, 9.17) is 16.7 Å². The van der Waals surface area contributed by atoms with Crippen molar-refractivity contribution in [3.05, 3.63) is 47.5 Å². The molecule has 0 bridgehead atoms. The topological polar surface area (TPSA) is 66.4 Å². The molecule has 0 aliphatic heterocycles. The van der Waals surface area contributed by atoms with Gasteiger partial charge in [0.05, 0.1) is 6.42 Å². The zero-order chi connectivity index (χ0) is 15.0. The smallest absolute Gasteiger partial charge is 0.305 e. The van der Waals surface area contributed by atoms with Crippen molar-refractivity contribution in [1.29, 1.82) is 0 Å². The van der Waals surface area contributed by atoms with Gasteiger partial charge in [0, 0.05) is 17.5 Å². The van der Waals surface area contributed by atoms with Gasteiger partial charge in [-0.05, 0) is 24.5 Å². The summed E-state index contributed by atoms with van der Waals surface area (Å²) in [5, 5.41) is 12.2. The van der Waals surface area contributed by atoms with Crippen molar-refractivity contribution in [2.75, 3.05) is 0 Å². The molecule has 0 aromatic heterocycles. The highest BCUT2D eigenvalue weighted by atomic mass is 35.5. The summed E-state index contributed by atoms with van der Waals surface area (Å²) in [5.41, 5.74) is 0.824. The molecule has 1 aromatic carbocycles. The number of carboxylic acid groups (broad SMARTS) is 1. The number of benzene rings is 1. The van der Waals surface area contributed by atoms with Crippen LogP contribution in [0.3, 0.4) is 0 Å². The Hall–Kier alpha value is -1.81. The number of hydrogen-bond donors (Lipinski definition) is 2. The van der Waals surface area contributed by atoms with Crippen molar-refractivity contribution in [3.63, 3.8) is 0 Å². The molecule has 0 saturated carbocycles. The van der Waals surface area contributed by atoms with E-state index >= 15 is 0 Å². The summed E-state index contributed by atoms with van der Waals surface area (Å²) in [6, 6.07) is 6.74. The van der Waals surface area contributed by atoms with E-state index in [0.29, 0.717) is 24.3 Å². The minimum Gasteiger partial charge on any atom is -0.481 e. The second-order valence-electron chi connectivity index (χ2n) is 4.49. The number of rotatable bonds is 8. The van der Waals surface area contributed by atoms with Gasteiger partial charge in [-0.1, -0.05) is 35.9 Å². The van der Waals surface area contributed by atoms with Gasteiger partial charge in [0.25, 0.3) is 0 Å². The molecule has 0 heterocycles. The number of aliphatic carboxylic acids is 1. The molecule has 20 heavy (non-hydrogen) atoms. The van der Waals surface area contributed by atoms with Crippen LogP contribution in [0.2, 0.25) is 5.02 Å². The maximum atomic E-state index is 11.7. The van der Waals surface area contributed by atoms with Gasteiger partial charge < -0.3 is 10.4 Å². The largest absolute Gasteiger partial charge is 0.481 e. The standard InChI is InChI=1S/C15H18ClNO3/c1-2-3-8-14(18)17-12(10-15(19)20)9-11-6-4-5-7-13(11)16/h2,4-7,12H,1,3,8-10H2,(H,17,18)(H,19,20)/t12-/m0/s1. The molecule has 108 valence electrons. The zero-order valence-corrected chi connectivity index (χ0v) is 11.9. The Balaban J connectivity index is 2.69. The maximum Gasteiger partial charge on any atom is 0.305 e. The van der Waals surface area contributed by atoms with E-state index in [1.807, 2.05) is 12.1 Å². The number of nitrogens with one attached hydrogen (secondary N) is 1. The summed E-state index contributed by atoms with van der Waals surface area (Å²) in [6.07, 6.45) is 2.79. The number of carbonyl (C=O) groups is 2. The van der Waals surface area contributed by atoms with Gasteiger partial charge >= 0.3 is 5.97 Å². The van der Waals surface area contributed by atoms with Crippen LogP contribution >= 0.6 is 11.6 Å². The van der Waals surface area contributed by atoms with Gasteiger partial charge in [0.2, 0.25) is 5.91 Å². The number of carboxylic acids is 1. The first-order valence-corrected chi connectivity index (χ1v) is 6.76. The highest BCUT2D eigenvalue weighted by Crippen LogP contribution is 2.17. The predicted octanol–water partition coefficient (Wildman–Crippen LogP) is 2.81. The molecular formula is C15H18ClNO3. The van der Waals surface area contributed by atoms with Crippen molar-refractivity contribution >= 4 is 23.5 Å². The Morgan fingerprint density at radius 1 is 1.40 bits per heavy atom. The highest BCUT2D eigenvalue weighted by Gasteiger charge is 2.17. The molecule has 1 aromatic rings. The number of halogens is 1. The lowest BCUT2D eigenvalue weighted by molar-refractivity contribution is -0.137. The average molecular weight is 296 g/mol. The SMILES string of the molecule is C=CCCC(=O)N[C@H](CC(=O)O)Cc1ccccc1Cl. The first-order valence-electron chi connectivity index (χ1n) is 6.38. The van der Waals surface area contributed by atoms with E-state index in [0.717, 1.165) is 5.56 Å². The van der Waals surface area contributed by atoms with Crippen LogP contribution in [0.15, 0.2) is 36.9 Å². The van der Waals surface area contributed by atoms with Crippen LogP contribution < -0.4 is 5.32 Å². The monoisotopic (exact) mass is 295 g/mol. The van der Waals surface area contributed by atoms with E-state index in [-0.39, 0.29) is 12.3 Å². The summed E-state index contributed by atoms with van der Waals surface area (Å²) in [7, 11) is 0. The first-order chi connectivity index (χ1) is 9.52. The van der Waals surface area contributed by atoms with Crippen molar-refractivity contribution in [1.82, 2.24) is 5.32 Å². The zero-order valence-electron chi connectivity index (χ0n) is 11.1. The second kappa shape index (κ2) is 8.38. The number of allylic oxidation sites excluding steroid dienone is 1. The number of carbonyl (C=O) groups excluding carboxylic acids is 1. The van der Waals surface area contributed by atoms with E-state index in [1.54, 1.807) is 18.2 Å². The van der Waals surface area contributed by atoms with Crippen molar-refractivity contribution in [2.24, 2.45) is 0 Å². The van der Waals surface area contributed by atoms with Gasteiger partial charge in [-0.2, -0.15) is 0 Å². The fraction of sp³-hybridized carbons (Fsp3) is 0.333. The molecule has 1 atom stereocenters. The highest BCUT2D eigenvalue weighted by molar-refractivity contribution is 6.31. The molecule has 0 spiro atoms. The lowest BCUT2D eigenvalue weighted by Gasteiger charge is -2.17. The van der Waals surface area contributed by atoms with Gasteiger partial charge in [-0.3, -0.25) is 9.59 Å². The first kappa shape index (κ1) is 16.2. The van der Waals surface area contributed by atoms with E-state index < -0.39 is 12.0 Å². The summed E-state index contributed by atoms with van der Waals surface area (Å²) in [4.78, 5) is 22.6. The minimum absolute atomic E-state index is 0.134. The Bertz CT molecular complexity index is 488. The molecule has 0 unspecified atom stereocenters. The molecule has 2 N–H and O–H groups in total. The van der Waals surface area contributed by atoms with Crippen LogP contribution in [0, 0.1) is 0 Å². The Labute approximate surface area is 123 Å². The van der Waals surface area contributed by atoms with Crippen molar-refractivity contribution in [2.45, 2.75) is 31.7 Å². The molecule has 0 fully saturated rings. The van der Waals surface area contributed by atoms with Crippen LogP contribution in [0.4, 0.5) is 0 Å². The lowest BCUT2D eigenvalue weighted by Crippen LogP contribution is -2.38. The van der Waals surface area contributed by atoms with Crippen LogP contribution in [-0.4, -0.2) is 23.0 Å². The third-order valence-electron chi connectivity index (χ3n) is 2.79. The molecule has 4 nitrogen and oxygen atoms in total. The molecule has 5 heteroatoms. The third kappa shape index (κ3) is 5.89. The van der Waals surface area contributed by atoms with Crippen molar-refractivity contribution < 1.29 is 14.7 Å². The van der Waals surface area contributed by atoms with E-state index in [1.165, 1.54) is 0 Å². The van der Waals surface area contributed by atoms with Gasteiger partial charge in [-0.15, -0.1) is 6.58 Å². The van der Waals surface area contributed by atoms with Crippen LogP contribution in [-0.2, 0) is 16.0 Å². The summed E-state index contributed by atoms with van der Waals surface area (Å²) < 4.78 is 0.